The smallest absolute Gasteiger partial charge is 0.144 e. The van der Waals surface area contributed by atoms with Crippen LogP contribution in [-0.2, 0) is 5.88 Å². The number of hydrogen-bond acceptors (Lipinski definition) is 1. The number of rotatable bonds is 4. The van der Waals surface area contributed by atoms with Gasteiger partial charge in [-0.2, -0.15) is 0 Å². The first-order valence-corrected chi connectivity index (χ1v) is 7.32. The highest BCUT2D eigenvalue weighted by Gasteiger charge is 2.21. The van der Waals surface area contributed by atoms with E-state index < -0.39 is 5.82 Å². The topological polar surface area (TPSA) is 17.8 Å². The summed E-state index contributed by atoms with van der Waals surface area (Å²) in [5.74, 6) is 1.06. The van der Waals surface area contributed by atoms with Crippen molar-refractivity contribution >= 4 is 34.2 Å². The summed E-state index contributed by atoms with van der Waals surface area (Å²) in [6.07, 6.45) is 0.942. The maximum atomic E-state index is 13.7. The highest BCUT2D eigenvalue weighted by molar-refractivity contribution is 6.31. The van der Waals surface area contributed by atoms with E-state index in [0.717, 1.165) is 17.8 Å². The second-order valence-electron chi connectivity index (χ2n) is 5.01. The fraction of sp³-hybridized carbons (Fsp3) is 0.500. The van der Waals surface area contributed by atoms with Crippen molar-refractivity contribution in [3.05, 3.63) is 28.8 Å². The Labute approximate surface area is 122 Å². The molecule has 0 radical (unpaired) electrons. The van der Waals surface area contributed by atoms with E-state index in [1.165, 1.54) is 6.07 Å². The molecule has 0 fully saturated rings. The lowest BCUT2D eigenvalue weighted by atomic mass is 10.0. The molecule has 2 rings (SSSR count). The van der Waals surface area contributed by atoms with E-state index in [-0.39, 0.29) is 11.1 Å². The summed E-state index contributed by atoms with van der Waals surface area (Å²) in [5, 5.41) is 0.0934. The van der Waals surface area contributed by atoms with Gasteiger partial charge in [0.1, 0.15) is 11.6 Å². The fourth-order valence-corrected chi connectivity index (χ4v) is 2.90. The molecule has 0 saturated carbocycles. The van der Waals surface area contributed by atoms with E-state index in [1.807, 2.05) is 4.57 Å². The van der Waals surface area contributed by atoms with E-state index in [2.05, 4.69) is 25.8 Å². The standard InChI is InChI=1S/C14H17Cl2FN2/c1-4-12(8(2)3)19-13-6-10(17)9(16)5-11(13)18-14(19)7-15/h5-6,8,12H,4,7H2,1-3H3. The van der Waals surface area contributed by atoms with Gasteiger partial charge in [0.05, 0.1) is 21.9 Å². The van der Waals surface area contributed by atoms with Gasteiger partial charge in [0.2, 0.25) is 0 Å². The zero-order chi connectivity index (χ0) is 14.2. The number of hydrogen-bond donors (Lipinski definition) is 0. The van der Waals surface area contributed by atoms with Crippen LogP contribution in [0.1, 0.15) is 39.1 Å². The Balaban J connectivity index is 2.72. The highest BCUT2D eigenvalue weighted by atomic mass is 35.5. The third-order valence-corrected chi connectivity index (χ3v) is 3.97. The average Bonchev–Trinajstić information content (AvgIpc) is 2.69. The van der Waals surface area contributed by atoms with Crippen LogP contribution in [0.2, 0.25) is 5.02 Å². The Kier molecular flexibility index (Phi) is 4.36. The van der Waals surface area contributed by atoms with Gasteiger partial charge in [-0.05, 0) is 18.4 Å². The van der Waals surface area contributed by atoms with Crippen molar-refractivity contribution in [2.24, 2.45) is 5.92 Å². The van der Waals surface area contributed by atoms with Gasteiger partial charge in [-0.15, -0.1) is 11.6 Å². The van der Waals surface area contributed by atoms with Gasteiger partial charge in [-0.3, -0.25) is 0 Å². The Hall–Kier alpha value is -0.800. The van der Waals surface area contributed by atoms with Crippen LogP contribution in [0.15, 0.2) is 12.1 Å². The lowest BCUT2D eigenvalue weighted by molar-refractivity contribution is 0.367. The summed E-state index contributed by atoms with van der Waals surface area (Å²) in [5.41, 5.74) is 1.46. The predicted molar refractivity (Wildman–Crippen MR) is 78.4 cm³/mol. The van der Waals surface area contributed by atoms with Gasteiger partial charge in [-0.25, -0.2) is 9.37 Å². The molecule has 1 aromatic carbocycles. The van der Waals surface area contributed by atoms with Crippen molar-refractivity contribution in [2.75, 3.05) is 0 Å². The number of imidazole rings is 1. The first-order valence-electron chi connectivity index (χ1n) is 6.41. The zero-order valence-electron chi connectivity index (χ0n) is 11.3. The molecule has 0 aliphatic carbocycles. The molecule has 2 aromatic rings. The first kappa shape index (κ1) is 14.6. The lowest BCUT2D eigenvalue weighted by Gasteiger charge is -2.23. The molecule has 1 atom stereocenters. The molecule has 104 valence electrons. The summed E-state index contributed by atoms with van der Waals surface area (Å²) in [4.78, 5) is 4.46. The Morgan fingerprint density at radius 2 is 2.05 bits per heavy atom. The first-order chi connectivity index (χ1) is 8.99. The van der Waals surface area contributed by atoms with Gasteiger partial charge in [0.25, 0.3) is 0 Å². The molecule has 0 saturated heterocycles. The second kappa shape index (κ2) is 5.68. The molecule has 1 aromatic heterocycles. The number of nitrogens with zero attached hydrogens (tertiary/aromatic N) is 2. The Bertz CT molecular complexity index is 593. The maximum absolute atomic E-state index is 13.7. The molecule has 0 spiro atoms. The lowest BCUT2D eigenvalue weighted by Crippen LogP contribution is -2.16. The fourth-order valence-electron chi connectivity index (χ4n) is 2.56. The number of halogens is 3. The van der Waals surface area contributed by atoms with Crippen molar-refractivity contribution in [3.8, 4) is 0 Å². The summed E-state index contributed by atoms with van der Waals surface area (Å²) >= 11 is 11.8. The van der Waals surface area contributed by atoms with Crippen LogP contribution in [0, 0.1) is 11.7 Å². The van der Waals surface area contributed by atoms with E-state index >= 15 is 0 Å². The molecule has 19 heavy (non-hydrogen) atoms. The molecule has 0 N–H and O–H groups in total. The summed E-state index contributed by atoms with van der Waals surface area (Å²) < 4.78 is 15.8. The van der Waals surface area contributed by atoms with Crippen molar-refractivity contribution in [2.45, 2.75) is 39.1 Å². The van der Waals surface area contributed by atoms with Gasteiger partial charge < -0.3 is 4.57 Å². The summed E-state index contributed by atoms with van der Waals surface area (Å²) in [6.45, 7) is 6.40. The number of alkyl halides is 1. The molecule has 0 aliphatic heterocycles. The molecular formula is C14H17Cl2FN2. The van der Waals surface area contributed by atoms with Crippen LogP contribution < -0.4 is 0 Å². The van der Waals surface area contributed by atoms with Crippen molar-refractivity contribution < 1.29 is 4.39 Å². The SMILES string of the molecule is CCC(C(C)C)n1c(CCl)nc2cc(Cl)c(F)cc21. The second-order valence-corrected chi connectivity index (χ2v) is 5.68. The van der Waals surface area contributed by atoms with E-state index in [0.29, 0.717) is 17.3 Å². The third-order valence-electron chi connectivity index (χ3n) is 3.44. The Morgan fingerprint density at radius 1 is 1.37 bits per heavy atom. The molecule has 1 heterocycles. The van der Waals surface area contributed by atoms with Crippen molar-refractivity contribution in [3.63, 3.8) is 0 Å². The van der Waals surface area contributed by atoms with E-state index in [9.17, 15) is 4.39 Å². The van der Waals surface area contributed by atoms with Gasteiger partial charge in [0, 0.05) is 12.1 Å². The quantitative estimate of drug-likeness (QED) is 0.712. The van der Waals surface area contributed by atoms with E-state index in [1.54, 1.807) is 6.07 Å². The minimum atomic E-state index is -0.421. The van der Waals surface area contributed by atoms with Crippen LogP contribution >= 0.6 is 23.2 Å². The minimum Gasteiger partial charge on any atom is -0.324 e. The normalized spacial score (nSPS) is 13.4. The molecule has 1 unspecified atom stereocenters. The van der Waals surface area contributed by atoms with Crippen LogP contribution in [0.3, 0.4) is 0 Å². The number of benzene rings is 1. The monoisotopic (exact) mass is 302 g/mol. The molecule has 0 aliphatic rings. The van der Waals surface area contributed by atoms with E-state index in [4.69, 9.17) is 23.2 Å². The predicted octanol–water partition coefficient (Wildman–Crippen LogP) is 5.17. The van der Waals surface area contributed by atoms with Gasteiger partial charge in [0.15, 0.2) is 0 Å². The molecular weight excluding hydrogens is 286 g/mol. The molecule has 5 heteroatoms. The molecule has 0 bridgehead atoms. The highest BCUT2D eigenvalue weighted by Crippen LogP contribution is 2.31. The van der Waals surface area contributed by atoms with Gasteiger partial charge >= 0.3 is 0 Å². The van der Waals surface area contributed by atoms with Crippen LogP contribution in [0.25, 0.3) is 11.0 Å². The number of aromatic nitrogens is 2. The molecule has 2 nitrogen and oxygen atoms in total. The van der Waals surface area contributed by atoms with Crippen molar-refractivity contribution in [1.82, 2.24) is 9.55 Å². The summed E-state index contributed by atoms with van der Waals surface area (Å²) in [7, 11) is 0. The van der Waals surface area contributed by atoms with Crippen molar-refractivity contribution in [1.29, 1.82) is 0 Å². The summed E-state index contributed by atoms with van der Waals surface area (Å²) in [6, 6.07) is 3.26. The number of fused-ring (bicyclic) bond motifs is 1. The molecule has 0 amide bonds. The minimum absolute atomic E-state index is 0.0934. The third kappa shape index (κ3) is 2.59. The van der Waals surface area contributed by atoms with Gasteiger partial charge in [-0.1, -0.05) is 32.4 Å². The largest absolute Gasteiger partial charge is 0.324 e. The Morgan fingerprint density at radius 3 is 2.58 bits per heavy atom. The van der Waals surface area contributed by atoms with Crippen LogP contribution in [0.4, 0.5) is 4.39 Å². The van der Waals surface area contributed by atoms with Crippen LogP contribution in [-0.4, -0.2) is 9.55 Å². The average molecular weight is 303 g/mol. The zero-order valence-corrected chi connectivity index (χ0v) is 12.8. The maximum Gasteiger partial charge on any atom is 0.144 e. The van der Waals surface area contributed by atoms with Crippen LogP contribution in [0.5, 0.6) is 0 Å².